The molecule has 180 valence electrons. The van der Waals surface area contributed by atoms with Gasteiger partial charge >= 0.3 is 0 Å². The van der Waals surface area contributed by atoms with Gasteiger partial charge in [0.2, 0.25) is 11.9 Å². The summed E-state index contributed by atoms with van der Waals surface area (Å²) < 4.78 is 12.3. The Kier molecular flexibility index (Phi) is 7.01. The number of aromatic nitrogens is 2. The maximum absolute atomic E-state index is 13.0. The quantitative estimate of drug-likeness (QED) is 0.396. The molecule has 4 rings (SSSR count). The van der Waals surface area contributed by atoms with Crippen LogP contribution >= 0.6 is 0 Å². The van der Waals surface area contributed by atoms with Crippen molar-refractivity contribution in [2.24, 2.45) is 0 Å². The van der Waals surface area contributed by atoms with E-state index in [1.165, 1.54) is 16.7 Å². The first-order valence-corrected chi connectivity index (χ1v) is 11.3. The number of furan rings is 1. The highest BCUT2D eigenvalue weighted by molar-refractivity contribution is 5.97. The zero-order valence-electron chi connectivity index (χ0n) is 20.2. The van der Waals surface area contributed by atoms with E-state index >= 15 is 0 Å². The van der Waals surface area contributed by atoms with E-state index in [0.29, 0.717) is 18.2 Å². The van der Waals surface area contributed by atoms with Crippen LogP contribution in [0.4, 0.5) is 5.95 Å². The summed E-state index contributed by atoms with van der Waals surface area (Å²) in [5.74, 6) is 0.605. The summed E-state index contributed by atoms with van der Waals surface area (Å²) >= 11 is 0. The summed E-state index contributed by atoms with van der Waals surface area (Å²) in [6.45, 7) is 6.13. The van der Waals surface area contributed by atoms with Crippen LogP contribution in [-0.4, -0.2) is 46.5 Å². The van der Waals surface area contributed by atoms with E-state index in [1.54, 1.807) is 19.2 Å². The largest absolute Gasteiger partial charge is 0.497 e. The van der Waals surface area contributed by atoms with Crippen molar-refractivity contribution in [2.75, 3.05) is 25.5 Å². The van der Waals surface area contributed by atoms with Crippen molar-refractivity contribution in [3.05, 3.63) is 83.9 Å². The zero-order chi connectivity index (χ0) is 24.9. The first-order valence-electron chi connectivity index (χ1n) is 11.3. The van der Waals surface area contributed by atoms with Crippen LogP contribution in [0.15, 0.2) is 71.5 Å². The molecule has 0 saturated carbocycles. The molecule has 0 fully saturated rings. The fraction of sp³-hybridized carbons (Fsp3) is 0.222. The monoisotopic (exact) mass is 472 g/mol. The van der Waals surface area contributed by atoms with Crippen LogP contribution in [0.5, 0.6) is 5.75 Å². The van der Waals surface area contributed by atoms with Gasteiger partial charge in [-0.2, -0.15) is 0 Å². The molecular formula is C27H28N4O4. The number of benzene rings is 2. The lowest BCUT2D eigenvalue weighted by Gasteiger charge is -2.19. The van der Waals surface area contributed by atoms with Crippen molar-refractivity contribution in [3.63, 3.8) is 0 Å². The van der Waals surface area contributed by atoms with Gasteiger partial charge in [-0.15, -0.1) is 0 Å². The third-order valence-corrected chi connectivity index (χ3v) is 5.85. The third kappa shape index (κ3) is 5.27. The molecule has 0 aliphatic rings. The van der Waals surface area contributed by atoms with E-state index in [9.17, 15) is 9.59 Å². The Labute approximate surface area is 204 Å². The number of methoxy groups -OCH3 is 1. The number of nitrogens with one attached hydrogen (secondary N) is 1. The minimum absolute atomic E-state index is 0.131. The van der Waals surface area contributed by atoms with Crippen LogP contribution in [0.25, 0.3) is 16.9 Å². The molecule has 0 unspecified atom stereocenters. The lowest BCUT2D eigenvalue weighted by atomic mass is 10.1. The highest BCUT2D eigenvalue weighted by atomic mass is 16.5. The second-order valence-corrected chi connectivity index (χ2v) is 8.16. The van der Waals surface area contributed by atoms with Crippen molar-refractivity contribution in [2.45, 2.75) is 20.8 Å². The molecule has 1 N–H and O–H groups in total. The van der Waals surface area contributed by atoms with Gasteiger partial charge in [0.05, 0.1) is 19.1 Å². The van der Waals surface area contributed by atoms with Crippen molar-refractivity contribution >= 4 is 17.8 Å². The van der Waals surface area contributed by atoms with Crippen molar-refractivity contribution < 1.29 is 18.7 Å². The highest BCUT2D eigenvalue weighted by Gasteiger charge is 2.21. The lowest BCUT2D eigenvalue weighted by Crippen LogP contribution is -2.38. The summed E-state index contributed by atoms with van der Waals surface area (Å²) in [5, 5.41) is 2.88. The smallest absolute Gasteiger partial charge is 0.290 e. The number of carbonyl (C=O) groups excluding carboxylic acids is 2. The molecule has 0 bridgehead atoms. The second kappa shape index (κ2) is 10.3. The maximum Gasteiger partial charge on any atom is 0.290 e. The first kappa shape index (κ1) is 23.8. The van der Waals surface area contributed by atoms with E-state index in [-0.39, 0.29) is 24.1 Å². The number of ether oxygens (including phenoxy) is 1. The molecule has 0 saturated heterocycles. The second-order valence-electron chi connectivity index (χ2n) is 8.16. The number of hydrogen-bond acceptors (Lipinski definition) is 5. The molecule has 0 aliphatic heterocycles. The molecular weight excluding hydrogens is 444 g/mol. The third-order valence-electron chi connectivity index (χ3n) is 5.85. The number of aryl methyl sites for hydroxylation is 2. The summed E-state index contributed by atoms with van der Waals surface area (Å²) in [6.07, 6.45) is 3.31. The van der Waals surface area contributed by atoms with Gasteiger partial charge in [0.1, 0.15) is 12.3 Å². The first-order chi connectivity index (χ1) is 16.9. The molecule has 8 heteroatoms. The van der Waals surface area contributed by atoms with Crippen LogP contribution in [0.2, 0.25) is 0 Å². The summed E-state index contributed by atoms with van der Waals surface area (Å²) in [4.78, 5) is 31.7. The fourth-order valence-corrected chi connectivity index (χ4v) is 3.66. The van der Waals surface area contributed by atoms with Gasteiger partial charge in [0.15, 0.2) is 5.76 Å². The molecule has 2 amide bonds. The fourth-order valence-electron chi connectivity index (χ4n) is 3.66. The molecule has 8 nitrogen and oxygen atoms in total. The Morgan fingerprint density at radius 3 is 2.49 bits per heavy atom. The Bertz CT molecular complexity index is 1320. The molecule has 2 heterocycles. The van der Waals surface area contributed by atoms with Crippen molar-refractivity contribution in [1.29, 1.82) is 0 Å². The van der Waals surface area contributed by atoms with Crippen LogP contribution < -0.4 is 10.1 Å². The number of likely N-dealkylation sites (N-methyl/N-ethyl adjacent to an activating group) is 1. The van der Waals surface area contributed by atoms with Gasteiger partial charge in [0.25, 0.3) is 5.91 Å². The Morgan fingerprint density at radius 2 is 1.86 bits per heavy atom. The van der Waals surface area contributed by atoms with Crippen molar-refractivity contribution in [1.82, 2.24) is 14.5 Å². The van der Waals surface area contributed by atoms with E-state index in [1.807, 2.05) is 74.0 Å². The topological polar surface area (TPSA) is 89.6 Å². The summed E-state index contributed by atoms with van der Waals surface area (Å²) in [6, 6.07) is 16.8. The maximum atomic E-state index is 13.0. The summed E-state index contributed by atoms with van der Waals surface area (Å²) in [7, 11) is 1.62. The molecule has 0 atom stereocenters. The molecule has 2 aromatic heterocycles. The standard InChI is InChI=1S/C27H28N4O4/c1-5-30(26(33)24-7-6-14-35-24)17-25(32)29-27-28-23(20-9-12-22(34-4)13-10-20)16-31(27)21-11-8-18(2)19(3)15-21/h6-16H,5,17H2,1-4H3,(H,28,29,32). The van der Waals surface area contributed by atoms with E-state index < -0.39 is 0 Å². The number of imidazole rings is 1. The Balaban J connectivity index is 1.63. The van der Waals surface area contributed by atoms with Crippen LogP contribution in [-0.2, 0) is 4.79 Å². The SMILES string of the molecule is CCN(CC(=O)Nc1nc(-c2ccc(OC)cc2)cn1-c1ccc(C)c(C)c1)C(=O)c1ccco1. The summed E-state index contributed by atoms with van der Waals surface area (Å²) in [5.41, 5.74) is 4.74. The highest BCUT2D eigenvalue weighted by Crippen LogP contribution is 2.27. The molecule has 35 heavy (non-hydrogen) atoms. The van der Waals surface area contributed by atoms with E-state index in [2.05, 4.69) is 5.32 Å². The van der Waals surface area contributed by atoms with E-state index in [4.69, 9.17) is 14.1 Å². The minimum Gasteiger partial charge on any atom is -0.497 e. The average Bonchev–Trinajstić information content (AvgIpc) is 3.55. The molecule has 4 aromatic rings. The zero-order valence-corrected chi connectivity index (χ0v) is 20.2. The average molecular weight is 473 g/mol. The number of nitrogens with zero attached hydrogens (tertiary/aromatic N) is 3. The number of anilines is 1. The van der Waals surface area contributed by atoms with Gasteiger partial charge in [0, 0.05) is 24.0 Å². The normalized spacial score (nSPS) is 10.7. The van der Waals surface area contributed by atoms with Gasteiger partial charge in [-0.3, -0.25) is 19.5 Å². The predicted octanol–water partition coefficient (Wildman–Crippen LogP) is 4.86. The number of amides is 2. The van der Waals surface area contributed by atoms with Crippen LogP contribution in [0.3, 0.4) is 0 Å². The molecule has 2 aromatic carbocycles. The number of carbonyl (C=O) groups is 2. The molecule has 0 aliphatic carbocycles. The predicted molar refractivity (Wildman–Crippen MR) is 134 cm³/mol. The van der Waals surface area contributed by atoms with E-state index in [0.717, 1.165) is 22.6 Å². The number of hydrogen-bond donors (Lipinski definition) is 1. The Hall–Kier alpha value is -4.33. The van der Waals surface area contributed by atoms with Crippen LogP contribution in [0, 0.1) is 13.8 Å². The van der Waals surface area contributed by atoms with Gasteiger partial charge < -0.3 is 14.1 Å². The lowest BCUT2D eigenvalue weighted by molar-refractivity contribution is -0.116. The minimum atomic E-state index is -0.358. The Morgan fingerprint density at radius 1 is 1.09 bits per heavy atom. The molecule has 0 radical (unpaired) electrons. The van der Waals surface area contributed by atoms with Crippen molar-refractivity contribution in [3.8, 4) is 22.7 Å². The van der Waals surface area contributed by atoms with Gasteiger partial charge in [-0.25, -0.2) is 4.98 Å². The van der Waals surface area contributed by atoms with Crippen LogP contribution in [0.1, 0.15) is 28.6 Å². The van der Waals surface area contributed by atoms with Gasteiger partial charge in [-0.05, 0) is 80.4 Å². The number of rotatable bonds is 8. The molecule has 0 spiro atoms. The van der Waals surface area contributed by atoms with Gasteiger partial charge in [-0.1, -0.05) is 6.07 Å².